The van der Waals surface area contributed by atoms with Crippen molar-refractivity contribution in [3.8, 4) is 6.07 Å². The molecule has 0 bridgehead atoms. The molecule has 5 heteroatoms. The van der Waals surface area contributed by atoms with Crippen molar-refractivity contribution in [2.24, 2.45) is 0 Å². The number of benzene rings is 1. The summed E-state index contributed by atoms with van der Waals surface area (Å²) in [6.07, 6.45) is 2.19. The van der Waals surface area contributed by atoms with Crippen molar-refractivity contribution in [2.45, 2.75) is 0 Å². The van der Waals surface area contributed by atoms with E-state index in [4.69, 9.17) is 5.26 Å². The number of nitrogens with zero attached hydrogens (tertiary/aromatic N) is 1. The van der Waals surface area contributed by atoms with Gasteiger partial charge in [0.25, 0.3) is 0 Å². The van der Waals surface area contributed by atoms with E-state index in [1.165, 1.54) is 18.2 Å². The van der Waals surface area contributed by atoms with Crippen LogP contribution >= 0.6 is 0 Å². The van der Waals surface area contributed by atoms with Crippen LogP contribution in [0.4, 0.5) is 12.9 Å². The fourth-order valence-electron chi connectivity index (χ4n) is 1.09. The lowest BCUT2D eigenvalue weighted by molar-refractivity contribution is 0.501. The van der Waals surface area contributed by atoms with Gasteiger partial charge >= 0.3 is 6.98 Å². The molecule has 0 radical (unpaired) electrons. The molecule has 0 heterocycles. The van der Waals surface area contributed by atoms with Gasteiger partial charge in [-0.15, -0.1) is 5.46 Å². The molecule has 0 aromatic heterocycles. The van der Waals surface area contributed by atoms with Crippen LogP contribution in [-0.2, 0) is 0 Å². The molecular weight excluding hydrogens is 190 g/mol. The molecule has 0 amide bonds. The Morgan fingerprint density at radius 3 is 2.43 bits per heavy atom. The number of nitriles is 1. The number of hydrogen-bond acceptors (Lipinski definition) is 1. The normalized spacial score (nSPS) is 11.6. The Labute approximate surface area is 79.5 Å². The maximum Gasteiger partial charge on any atom is 0.510 e. The van der Waals surface area contributed by atoms with Crippen LogP contribution in [0.2, 0.25) is 0 Å². The maximum atomic E-state index is 12.4. The minimum atomic E-state index is -5.01. The fourth-order valence-corrected chi connectivity index (χ4v) is 1.09. The highest BCUT2D eigenvalue weighted by atomic mass is 19.4. The van der Waals surface area contributed by atoms with Gasteiger partial charge in [-0.3, -0.25) is 0 Å². The summed E-state index contributed by atoms with van der Waals surface area (Å²) in [6, 6.07) is 6.83. The molecule has 0 atom stereocenters. The van der Waals surface area contributed by atoms with Gasteiger partial charge in [-0.05, 0) is 6.08 Å². The SMILES string of the molecule is N#C/C=C\c1ccccc1[B-](F)(F)F. The Hall–Kier alpha value is -1.70. The molecule has 72 valence electrons. The number of hydrogen-bond donors (Lipinski definition) is 0. The first-order valence-corrected chi connectivity index (χ1v) is 3.90. The highest BCUT2D eigenvalue weighted by Gasteiger charge is 2.26. The molecule has 1 aromatic rings. The molecule has 1 aromatic carbocycles. The van der Waals surface area contributed by atoms with Gasteiger partial charge in [-0.25, -0.2) is 0 Å². The van der Waals surface area contributed by atoms with E-state index in [-0.39, 0.29) is 5.56 Å². The van der Waals surface area contributed by atoms with Gasteiger partial charge < -0.3 is 12.9 Å². The molecule has 0 aliphatic heterocycles. The van der Waals surface area contributed by atoms with Crippen molar-refractivity contribution >= 4 is 18.5 Å². The van der Waals surface area contributed by atoms with Crippen LogP contribution < -0.4 is 5.46 Å². The molecule has 0 N–H and O–H groups in total. The predicted octanol–water partition coefficient (Wildman–Crippen LogP) is 2.28. The summed E-state index contributed by atoms with van der Waals surface area (Å²) in [4.78, 5) is 0. The summed E-state index contributed by atoms with van der Waals surface area (Å²) < 4.78 is 37.3. The molecule has 0 spiro atoms. The van der Waals surface area contributed by atoms with E-state index in [1.807, 2.05) is 0 Å². The largest absolute Gasteiger partial charge is 0.510 e. The molecule has 1 rings (SSSR count). The van der Waals surface area contributed by atoms with Crippen molar-refractivity contribution in [2.75, 3.05) is 0 Å². The van der Waals surface area contributed by atoms with Crippen LogP contribution in [0.1, 0.15) is 5.56 Å². The minimum Gasteiger partial charge on any atom is -0.445 e. The van der Waals surface area contributed by atoms with Gasteiger partial charge in [0.15, 0.2) is 0 Å². The summed E-state index contributed by atoms with van der Waals surface area (Å²) in [5.74, 6) is 0. The summed E-state index contributed by atoms with van der Waals surface area (Å²) in [6.45, 7) is -5.01. The van der Waals surface area contributed by atoms with Gasteiger partial charge in [0, 0.05) is 6.08 Å². The third kappa shape index (κ3) is 2.39. The lowest BCUT2D eigenvalue weighted by atomic mass is 9.77. The molecule has 14 heavy (non-hydrogen) atoms. The summed E-state index contributed by atoms with van der Waals surface area (Å²) in [5, 5.41) is 8.21. The quantitative estimate of drug-likeness (QED) is 0.525. The zero-order chi connectivity index (χ0) is 10.6. The maximum absolute atomic E-state index is 12.4. The van der Waals surface area contributed by atoms with Gasteiger partial charge in [0.05, 0.1) is 6.07 Å². The van der Waals surface area contributed by atoms with Crippen molar-refractivity contribution in [1.82, 2.24) is 0 Å². The van der Waals surface area contributed by atoms with Gasteiger partial charge in [0.2, 0.25) is 0 Å². The van der Waals surface area contributed by atoms with Gasteiger partial charge in [0.1, 0.15) is 0 Å². The highest BCUT2D eigenvalue weighted by Crippen LogP contribution is 2.12. The monoisotopic (exact) mass is 196 g/mol. The molecular formula is C9H6BF3N-. The fraction of sp³-hybridized carbons (Fsp3) is 0. The van der Waals surface area contributed by atoms with Gasteiger partial charge in [-0.2, -0.15) is 5.26 Å². The lowest BCUT2D eigenvalue weighted by Crippen LogP contribution is -2.35. The van der Waals surface area contributed by atoms with E-state index in [0.29, 0.717) is 0 Å². The van der Waals surface area contributed by atoms with Crippen molar-refractivity contribution < 1.29 is 12.9 Å². The molecule has 0 aliphatic carbocycles. The molecule has 0 aliphatic rings. The van der Waals surface area contributed by atoms with Crippen molar-refractivity contribution in [3.63, 3.8) is 0 Å². The lowest BCUT2D eigenvalue weighted by Gasteiger charge is -2.17. The van der Waals surface area contributed by atoms with E-state index in [1.54, 1.807) is 6.07 Å². The summed E-state index contributed by atoms with van der Waals surface area (Å²) in [5.41, 5.74) is -0.638. The second kappa shape index (κ2) is 4.01. The average Bonchev–Trinajstić information content (AvgIpc) is 2.14. The van der Waals surface area contributed by atoms with E-state index < -0.39 is 12.4 Å². The van der Waals surface area contributed by atoms with E-state index in [2.05, 4.69) is 0 Å². The molecule has 0 fully saturated rings. The third-order valence-corrected chi connectivity index (χ3v) is 1.69. The zero-order valence-electron chi connectivity index (χ0n) is 7.12. The highest BCUT2D eigenvalue weighted by molar-refractivity contribution is 6.74. The first-order valence-electron chi connectivity index (χ1n) is 3.90. The first-order chi connectivity index (χ1) is 6.55. The third-order valence-electron chi connectivity index (χ3n) is 1.69. The summed E-state index contributed by atoms with van der Waals surface area (Å²) in [7, 11) is 0. The smallest absolute Gasteiger partial charge is 0.445 e. The van der Waals surface area contributed by atoms with Crippen molar-refractivity contribution in [1.29, 1.82) is 5.26 Å². The Bertz CT molecular complexity index is 390. The standard InChI is InChI=1S/C9H6BF3N/c11-10(12,13)9-6-2-1-4-8(9)5-3-7-14/h1-6H/q-1/b5-3-. The number of halogens is 3. The molecule has 0 saturated heterocycles. The van der Waals surface area contributed by atoms with Crippen LogP contribution in [0, 0.1) is 11.3 Å². The Morgan fingerprint density at radius 2 is 1.86 bits per heavy atom. The molecule has 0 saturated carbocycles. The van der Waals surface area contributed by atoms with Gasteiger partial charge in [-0.1, -0.05) is 29.8 Å². The summed E-state index contributed by atoms with van der Waals surface area (Å²) >= 11 is 0. The molecule has 0 unspecified atom stereocenters. The number of allylic oxidation sites excluding steroid dienone is 1. The van der Waals surface area contributed by atoms with Crippen LogP contribution in [0.15, 0.2) is 30.3 Å². The predicted molar refractivity (Wildman–Crippen MR) is 49.8 cm³/mol. The van der Waals surface area contributed by atoms with E-state index in [9.17, 15) is 12.9 Å². The Kier molecular flexibility index (Phi) is 2.97. The van der Waals surface area contributed by atoms with Crippen LogP contribution in [0.5, 0.6) is 0 Å². The Morgan fingerprint density at radius 1 is 1.21 bits per heavy atom. The first kappa shape index (κ1) is 10.4. The van der Waals surface area contributed by atoms with Crippen LogP contribution in [0.25, 0.3) is 6.08 Å². The second-order valence-corrected chi connectivity index (χ2v) is 2.67. The Balaban J connectivity index is 3.18. The minimum absolute atomic E-state index is 0.0292. The van der Waals surface area contributed by atoms with Crippen LogP contribution in [-0.4, -0.2) is 6.98 Å². The van der Waals surface area contributed by atoms with E-state index >= 15 is 0 Å². The zero-order valence-corrected chi connectivity index (χ0v) is 7.12. The molecule has 1 nitrogen and oxygen atoms in total. The van der Waals surface area contributed by atoms with Crippen LogP contribution in [0.3, 0.4) is 0 Å². The van der Waals surface area contributed by atoms with E-state index in [0.717, 1.165) is 18.2 Å². The second-order valence-electron chi connectivity index (χ2n) is 2.67. The number of rotatable bonds is 2. The topological polar surface area (TPSA) is 23.8 Å². The van der Waals surface area contributed by atoms with Crippen molar-refractivity contribution in [3.05, 3.63) is 35.9 Å². The average molecular weight is 196 g/mol.